The second-order valence-corrected chi connectivity index (χ2v) is 7.08. The molecular formula is C16H28N2O. The fourth-order valence-corrected chi connectivity index (χ4v) is 5.21. The van der Waals surface area contributed by atoms with Gasteiger partial charge in [-0.1, -0.05) is 19.8 Å². The molecule has 1 amide bonds. The third kappa shape index (κ3) is 2.54. The Hall–Kier alpha value is -0.570. The number of nitrogens with two attached hydrogens (primary N) is 1. The zero-order valence-electron chi connectivity index (χ0n) is 12.1. The summed E-state index contributed by atoms with van der Waals surface area (Å²) in [4.78, 5) is 12.1. The van der Waals surface area contributed by atoms with Crippen molar-refractivity contribution in [2.75, 3.05) is 0 Å². The molecular weight excluding hydrogens is 236 g/mol. The van der Waals surface area contributed by atoms with Crippen molar-refractivity contribution in [3.8, 4) is 0 Å². The van der Waals surface area contributed by atoms with Crippen LogP contribution < -0.4 is 11.1 Å². The van der Waals surface area contributed by atoms with Gasteiger partial charge < -0.3 is 11.1 Å². The highest BCUT2D eigenvalue weighted by Crippen LogP contribution is 2.58. The minimum Gasteiger partial charge on any atom is -0.353 e. The van der Waals surface area contributed by atoms with Crippen LogP contribution in [-0.4, -0.2) is 18.0 Å². The summed E-state index contributed by atoms with van der Waals surface area (Å²) in [6, 6.07) is 0.508. The average Bonchev–Trinajstić information content (AvgIpc) is 2.98. The Morgan fingerprint density at radius 1 is 1.26 bits per heavy atom. The van der Waals surface area contributed by atoms with E-state index < -0.39 is 0 Å². The van der Waals surface area contributed by atoms with Crippen molar-refractivity contribution < 1.29 is 4.79 Å². The summed E-state index contributed by atoms with van der Waals surface area (Å²) in [5.74, 6) is 3.80. The van der Waals surface area contributed by atoms with E-state index in [0.717, 1.165) is 36.5 Å². The van der Waals surface area contributed by atoms with E-state index >= 15 is 0 Å². The molecule has 6 unspecified atom stereocenters. The summed E-state index contributed by atoms with van der Waals surface area (Å²) < 4.78 is 0. The lowest BCUT2D eigenvalue weighted by Crippen LogP contribution is -2.44. The predicted molar refractivity (Wildman–Crippen MR) is 76.5 cm³/mol. The van der Waals surface area contributed by atoms with Crippen LogP contribution in [0, 0.1) is 23.7 Å². The van der Waals surface area contributed by atoms with Gasteiger partial charge in [0, 0.05) is 18.5 Å². The molecule has 0 aromatic rings. The number of amides is 1. The molecule has 3 aliphatic carbocycles. The van der Waals surface area contributed by atoms with Gasteiger partial charge in [-0.2, -0.15) is 0 Å². The van der Waals surface area contributed by atoms with Gasteiger partial charge in [0.25, 0.3) is 0 Å². The van der Waals surface area contributed by atoms with Crippen LogP contribution in [0.15, 0.2) is 0 Å². The summed E-state index contributed by atoms with van der Waals surface area (Å²) in [7, 11) is 0. The van der Waals surface area contributed by atoms with E-state index in [9.17, 15) is 4.79 Å². The van der Waals surface area contributed by atoms with Crippen LogP contribution >= 0.6 is 0 Å². The first kappa shape index (κ1) is 13.4. The van der Waals surface area contributed by atoms with E-state index in [4.69, 9.17) is 5.73 Å². The standard InChI is InChI=1S/C16H28N2O/c1-2-4-11(17)9-16(19)18-15-8-10-7-14(15)13-6-3-5-12(10)13/h10-15H,2-9,17H2,1H3,(H,18,19). The van der Waals surface area contributed by atoms with Crippen LogP contribution in [0.5, 0.6) is 0 Å². The van der Waals surface area contributed by atoms with E-state index in [2.05, 4.69) is 12.2 Å². The molecule has 0 saturated heterocycles. The monoisotopic (exact) mass is 264 g/mol. The SMILES string of the molecule is CCCC(N)CC(=O)NC1CC2CC1C1CCCC21. The molecule has 0 spiro atoms. The Bertz CT molecular complexity index is 344. The summed E-state index contributed by atoms with van der Waals surface area (Å²) in [5.41, 5.74) is 5.96. The van der Waals surface area contributed by atoms with E-state index in [1.54, 1.807) is 0 Å². The molecule has 3 fully saturated rings. The summed E-state index contributed by atoms with van der Waals surface area (Å²) in [6.45, 7) is 2.12. The molecule has 2 bridgehead atoms. The Kier molecular flexibility index (Phi) is 3.84. The molecule has 0 radical (unpaired) electrons. The van der Waals surface area contributed by atoms with Crippen molar-refractivity contribution in [1.82, 2.24) is 5.32 Å². The van der Waals surface area contributed by atoms with Gasteiger partial charge in [-0.15, -0.1) is 0 Å². The Morgan fingerprint density at radius 2 is 2.05 bits per heavy atom. The van der Waals surface area contributed by atoms with Gasteiger partial charge in [0.05, 0.1) is 0 Å². The molecule has 0 aliphatic heterocycles. The van der Waals surface area contributed by atoms with Crippen LogP contribution in [0.2, 0.25) is 0 Å². The van der Waals surface area contributed by atoms with Crippen molar-refractivity contribution in [3.63, 3.8) is 0 Å². The highest BCUT2D eigenvalue weighted by Gasteiger charge is 2.53. The lowest BCUT2D eigenvalue weighted by atomic mass is 9.79. The third-order valence-electron chi connectivity index (χ3n) is 5.88. The Labute approximate surface area is 116 Å². The van der Waals surface area contributed by atoms with Crippen LogP contribution in [0.3, 0.4) is 0 Å². The number of rotatable bonds is 5. The molecule has 3 rings (SSSR count). The molecule has 108 valence electrons. The number of nitrogens with one attached hydrogen (secondary N) is 1. The van der Waals surface area contributed by atoms with Crippen molar-refractivity contribution in [2.24, 2.45) is 29.4 Å². The number of carbonyl (C=O) groups excluding carboxylic acids is 1. The van der Waals surface area contributed by atoms with E-state index in [-0.39, 0.29) is 11.9 Å². The molecule has 3 saturated carbocycles. The zero-order chi connectivity index (χ0) is 13.4. The smallest absolute Gasteiger partial charge is 0.221 e. The van der Waals surface area contributed by atoms with Crippen molar-refractivity contribution >= 4 is 5.91 Å². The maximum atomic E-state index is 12.1. The molecule has 0 aromatic heterocycles. The lowest BCUT2D eigenvalue weighted by molar-refractivity contribution is -0.122. The molecule has 3 nitrogen and oxygen atoms in total. The van der Waals surface area contributed by atoms with Gasteiger partial charge in [-0.3, -0.25) is 4.79 Å². The molecule has 0 aromatic carbocycles. The average molecular weight is 264 g/mol. The Balaban J connectivity index is 1.50. The Morgan fingerprint density at radius 3 is 2.84 bits per heavy atom. The maximum absolute atomic E-state index is 12.1. The summed E-state index contributed by atoms with van der Waals surface area (Å²) in [5, 5.41) is 3.29. The van der Waals surface area contributed by atoms with Crippen molar-refractivity contribution in [2.45, 2.75) is 70.4 Å². The van der Waals surface area contributed by atoms with Gasteiger partial charge in [-0.25, -0.2) is 0 Å². The zero-order valence-corrected chi connectivity index (χ0v) is 12.1. The lowest BCUT2D eigenvalue weighted by Gasteiger charge is -2.32. The van der Waals surface area contributed by atoms with E-state index in [0.29, 0.717) is 12.5 Å². The fraction of sp³-hybridized carbons (Fsp3) is 0.938. The first-order valence-corrected chi connectivity index (χ1v) is 8.24. The van der Waals surface area contributed by atoms with Crippen LogP contribution in [0.4, 0.5) is 0 Å². The molecule has 3 aliphatic rings. The molecule has 6 atom stereocenters. The normalized spacial score (nSPS) is 41.3. The minimum atomic E-state index is 0.0443. The first-order chi connectivity index (χ1) is 9.19. The van der Waals surface area contributed by atoms with Gasteiger partial charge in [0.15, 0.2) is 0 Å². The second kappa shape index (κ2) is 5.43. The van der Waals surface area contributed by atoms with Crippen molar-refractivity contribution in [3.05, 3.63) is 0 Å². The third-order valence-corrected chi connectivity index (χ3v) is 5.88. The summed E-state index contributed by atoms with van der Waals surface area (Å²) >= 11 is 0. The van der Waals surface area contributed by atoms with Crippen LogP contribution in [0.25, 0.3) is 0 Å². The predicted octanol–water partition coefficient (Wildman–Crippen LogP) is 2.44. The van der Waals surface area contributed by atoms with E-state index in [1.807, 2.05) is 0 Å². The first-order valence-electron chi connectivity index (χ1n) is 8.24. The van der Waals surface area contributed by atoms with Gasteiger partial charge >= 0.3 is 0 Å². The highest BCUT2D eigenvalue weighted by atomic mass is 16.1. The van der Waals surface area contributed by atoms with Crippen LogP contribution in [-0.2, 0) is 4.79 Å². The second-order valence-electron chi connectivity index (χ2n) is 7.08. The highest BCUT2D eigenvalue weighted by molar-refractivity contribution is 5.77. The molecule has 19 heavy (non-hydrogen) atoms. The number of hydrogen-bond donors (Lipinski definition) is 2. The fourth-order valence-electron chi connectivity index (χ4n) is 5.21. The van der Waals surface area contributed by atoms with Gasteiger partial charge in [-0.05, 0) is 55.8 Å². The van der Waals surface area contributed by atoms with Gasteiger partial charge in [0.2, 0.25) is 5.91 Å². The maximum Gasteiger partial charge on any atom is 0.221 e. The summed E-state index contributed by atoms with van der Waals surface area (Å²) in [6.07, 6.45) is 9.42. The van der Waals surface area contributed by atoms with Gasteiger partial charge in [0.1, 0.15) is 0 Å². The molecule has 0 heterocycles. The number of fused-ring (bicyclic) bond motifs is 5. The van der Waals surface area contributed by atoms with E-state index in [1.165, 1.54) is 32.1 Å². The number of carbonyl (C=O) groups is 1. The number of hydrogen-bond acceptors (Lipinski definition) is 2. The quantitative estimate of drug-likeness (QED) is 0.801. The topological polar surface area (TPSA) is 55.1 Å². The van der Waals surface area contributed by atoms with Crippen molar-refractivity contribution in [1.29, 1.82) is 0 Å². The largest absolute Gasteiger partial charge is 0.353 e. The molecule has 3 N–H and O–H groups in total. The molecule has 3 heteroatoms. The minimum absolute atomic E-state index is 0.0443. The van der Waals surface area contributed by atoms with Crippen LogP contribution in [0.1, 0.15) is 58.3 Å².